The van der Waals surface area contributed by atoms with Gasteiger partial charge in [-0.1, -0.05) is 18.2 Å². The first-order valence-corrected chi connectivity index (χ1v) is 6.73. The van der Waals surface area contributed by atoms with Crippen LogP contribution in [-0.2, 0) is 9.84 Å². The van der Waals surface area contributed by atoms with Gasteiger partial charge in [0.15, 0.2) is 9.84 Å². The van der Waals surface area contributed by atoms with Crippen molar-refractivity contribution in [3.63, 3.8) is 0 Å². The molecule has 1 aromatic rings. The zero-order chi connectivity index (χ0) is 11.7. The van der Waals surface area contributed by atoms with Gasteiger partial charge in [-0.05, 0) is 41.9 Å². The second-order valence-corrected chi connectivity index (χ2v) is 7.09. The van der Waals surface area contributed by atoms with Crippen molar-refractivity contribution in [3.8, 4) is 0 Å². The molecular weight excluding hydrogens is 276 g/mol. The monoisotopic (exact) mass is 288 g/mol. The standard InChI is InChI=1S/C11H13BrO2S/c1-4-11(2,3)15(13,14)10-8-6-5-7-9(10)12/h4-8H,1H2,2-3H3. The van der Waals surface area contributed by atoms with Crippen molar-refractivity contribution < 1.29 is 8.42 Å². The molecule has 4 heteroatoms. The van der Waals surface area contributed by atoms with Crippen LogP contribution in [0.25, 0.3) is 0 Å². The largest absolute Gasteiger partial charge is 0.223 e. The summed E-state index contributed by atoms with van der Waals surface area (Å²) in [5, 5.41) is 0. The Morgan fingerprint density at radius 1 is 1.33 bits per heavy atom. The van der Waals surface area contributed by atoms with Gasteiger partial charge >= 0.3 is 0 Å². The molecule has 0 unspecified atom stereocenters. The maximum absolute atomic E-state index is 12.2. The number of hydrogen-bond acceptors (Lipinski definition) is 2. The molecule has 1 rings (SSSR count). The van der Waals surface area contributed by atoms with Crippen molar-refractivity contribution >= 4 is 25.8 Å². The number of rotatable bonds is 3. The lowest BCUT2D eigenvalue weighted by Crippen LogP contribution is -2.29. The minimum absolute atomic E-state index is 0.301. The molecule has 0 aromatic heterocycles. The highest BCUT2D eigenvalue weighted by atomic mass is 79.9. The van der Waals surface area contributed by atoms with Crippen LogP contribution in [0.2, 0.25) is 0 Å². The average molecular weight is 289 g/mol. The van der Waals surface area contributed by atoms with Crippen LogP contribution in [-0.4, -0.2) is 13.2 Å². The van der Waals surface area contributed by atoms with Crippen LogP contribution in [0.3, 0.4) is 0 Å². The molecule has 0 radical (unpaired) electrons. The summed E-state index contributed by atoms with van der Waals surface area (Å²) in [5.74, 6) is 0. The molecule has 0 N–H and O–H groups in total. The third-order valence-corrected chi connectivity index (χ3v) is 5.75. The van der Waals surface area contributed by atoms with Crippen molar-refractivity contribution in [1.82, 2.24) is 0 Å². The van der Waals surface area contributed by atoms with Gasteiger partial charge in [0.05, 0.1) is 9.64 Å². The summed E-state index contributed by atoms with van der Waals surface area (Å²) >= 11 is 3.24. The highest BCUT2D eigenvalue weighted by molar-refractivity contribution is 9.10. The lowest BCUT2D eigenvalue weighted by molar-refractivity contribution is 0.572. The molecule has 0 saturated carbocycles. The highest BCUT2D eigenvalue weighted by Crippen LogP contribution is 2.31. The lowest BCUT2D eigenvalue weighted by Gasteiger charge is -2.21. The molecule has 1 aromatic carbocycles. The van der Waals surface area contributed by atoms with Crippen molar-refractivity contribution in [3.05, 3.63) is 41.4 Å². The summed E-state index contributed by atoms with van der Waals surface area (Å²) in [5.41, 5.74) is 0. The van der Waals surface area contributed by atoms with E-state index in [1.54, 1.807) is 38.1 Å². The fourth-order valence-electron chi connectivity index (χ4n) is 1.06. The first-order chi connectivity index (χ1) is 6.83. The van der Waals surface area contributed by atoms with Crippen LogP contribution in [0, 0.1) is 0 Å². The van der Waals surface area contributed by atoms with E-state index in [0.29, 0.717) is 9.37 Å². The Morgan fingerprint density at radius 2 is 1.87 bits per heavy atom. The molecule has 82 valence electrons. The van der Waals surface area contributed by atoms with E-state index in [1.807, 2.05) is 0 Å². The Kier molecular flexibility index (Phi) is 3.41. The van der Waals surface area contributed by atoms with E-state index in [0.717, 1.165) is 0 Å². The molecule has 0 fully saturated rings. The van der Waals surface area contributed by atoms with Gasteiger partial charge in [0.2, 0.25) is 0 Å². The molecule has 0 aliphatic carbocycles. The topological polar surface area (TPSA) is 34.1 Å². The van der Waals surface area contributed by atoms with E-state index >= 15 is 0 Å². The fourth-order valence-corrected chi connectivity index (χ4v) is 3.35. The molecule has 0 spiro atoms. The Hall–Kier alpha value is -0.610. The van der Waals surface area contributed by atoms with Crippen LogP contribution in [0.1, 0.15) is 13.8 Å². The predicted octanol–water partition coefficient (Wildman–Crippen LogP) is 3.19. The molecule has 0 heterocycles. The smallest absolute Gasteiger partial charge is 0.188 e. The van der Waals surface area contributed by atoms with Crippen LogP contribution in [0.15, 0.2) is 46.3 Å². The molecule has 0 saturated heterocycles. The Morgan fingerprint density at radius 3 is 2.33 bits per heavy atom. The summed E-state index contributed by atoms with van der Waals surface area (Å²) < 4.78 is 24.0. The molecule has 0 aliphatic rings. The minimum atomic E-state index is -3.38. The third kappa shape index (κ3) is 2.16. The molecule has 0 atom stereocenters. The zero-order valence-corrected chi connectivity index (χ0v) is 11.1. The summed E-state index contributed by atoms with van der Waals surface area (Å²) in [6.07, 6.45) is 1.45. The molecule has 2 nitrogen and oxygen atoms in total. The van der Waals surface area contributed by atoms with Crippen LogP contribution < -0.4 is 0 Å². The number of benzene rings is 1. The average Bonchev–Trinajstić information content (AvgIpc) is 2.18. The number of halogens is 1. The summed E-state index contributed by atoms with van der Waals surface area (Å²) in [4.78, 5) is 0.301. The summed E-state index contributed by atoms with van der Waals surface area (Å²) in [7, 11) is -3.38. The minimum Gasteiger partial charge on any atom is -0.223 e. The van der Waals surface area contributed by atoms with E-state index in [1.165, 1.54) is 6.08 Å². The molecule has 0 amide bonds. The van der Waals surface area contributed by atoms with Gasteiger partial charge in [-0.3, -0.25) is 0 Å². The second kappa shape index (κ2) is 4.10. The van der Waals surface area contributed by atoms with E-state index in [-0.39, 0.29) is 0 Å². The van der Waals surface area contributed by atoms with Gasteiger partial charge in [0.25, 0.3) is 0 Å². The van der Waals surface area contributed by atoms with Gasteiger partial charge in [0.1, 0.15) is 0 Å². The lowest BCUT2D eigenvalue weighted by atomic mass is 10.2. The normalized spacial score (nSPS) is 12.5. The van der Waals surface area contributed by atoms with E-state index < -0.39 is 14.6 Å². The van der Waals surface area contributed by atoms with E-state index in [9.17, 15) is 8.42 Å². The summed E-state index contributed by atoms with van der Waals surface area (Å²) in [6.45, 7) is 6.83. The van der Waals surface area contributed by atoms with Gasteiger partial charge in [-0.2, -0.15) is 0 Å². The Balaban J connectivity index is 3.43. The Labute approximate surface area is 99.1 Å². The maximum atomic E-state index is 12.2. The molecule has 15 heavy (non-hydrogen) atoms. The quantitative estimate of drug-likeness (QED) is 0.801. The third-order valence-electron chi connectivity index (χ3n) is 2.31. The van der Waals surface area contributed by atoms with Crippen molar-refractivity contribution in [2.75, 3.05) is 0 Å². The fraction of sp³-hybridized carbons (Fsp3) is 0.273. The van der Waals surface area contributed by atoms with Crippen molar-refractivity contribution in [2.45, 2.75) is 23.5 Å². The zero-order valence-electron chi connectivity index (χ0n) is 8.70. The first-order valence-electron chi connectivity index (χ1n) is 4.45. The van der Waals surface area contributed by atoms with E-state index in [4.69, 9.17) is 0 Å². The predicted molar refractivity (Wildman–Crippen MR) is 65.6 cm³/mol. The first kappa shape index (κ1) is 12.5. The number of sulfone groups is 1. The molecule has 0 bridgehead atoms. The van der Waals surface area contributed by atoms with Gasteiger partial charge < -0.3 is 0 Å². The maximum Gasteiger partial charge on any atom is 0.188 e. The summed E-state index contributed by atoms with van der Waals surface area (Å²) in [6, 6.07) is 6.79. The van der Waals surface area contributed by atoms with Crippen LogP contribution in [0.5, 0.6) is 0 Å². The van der Waals surface area contributed by atoms with Gasteiger partial charge in [0, 0.05) is 4.47 Å². The van der Waals surface area contributed by atoms with Crippen LogP contribution in [0.4, 0.5) is 0 Å². The van der Waals surface area contributed by atoms with Crippen LogP contribution >= 0.6 is 15.9 Å². The molecule has 0 aliphatic heterocycles. The van der Waals surface area contributed by atoms with Gasteiger partial charge in [-0.15, -0.1) is 6.58 Å². The SMILES string of the molecule is C=CC(C)(C)S(=O)(=O)c1ccccc1Br. The second-order valence-electron chi connectivity index (χ2n) is 3.74. The van der Waals surface area contributed by atoms with Crippen molar-refractivity contribution in [2.24, 2.45) is 0 Å². The highest BCUT2D eigenvalue weighted by Gasteiger charge is 2.33. The Bertz CT molecular complexity index is 475. The van der Waals surface area contributed by atoms with Gasteiger partial charge in [-0.25, -0.2) is 8.42 Å². The molecular formula is C11H13BrO2S. The van der Waals surface area contributed by atoms with Crippen molar-refractivity contribution in [1.29, 1.82) is 0 Å². The van der Waals surface area contributed by atoms with E-state index in [2.05, 4.69) is 22.5 Å². The number of hydrogen-bond donors (Lipinski definition) is 0.